The summed E-state index contributed by atoms with van der Waals surface area (Å²) < 4.78 is 1.66. The highest BCUT2D eigenvalue weighted by molar-refractivity contribution is 6.33. The molecule has 3 heterocycles. The predicted molar refractivity (Wildman–Crippen MR) is 104 cm³/mol. The number of carbonyl (C=O) groups excluding carboxylic acids is 1. The highest BCUT2D eigenvalue weighted by Gasteiger charge is 2.27. The Kier molecular flexibility index (Phi) is 5.02. The summed E-state index contributed by atoms with van der Waals surface area (Å²) in [7, 11) is 0. The molecule has 1 saturated heterocycles. The SMILES string of the molecule is O=C(Nc1ccccc1Cl)C1CCCN(c2ccc(-n3cccn3)nn2)C1. The summed E-state index contributed by atoms with van der Waals surface area (Å²) in [4.78, 5) is 14.8. The normalized spacial score (nSPS) is 16.9. The van der Waals surface area contributed by atoms with Gasteiger partial charge in [0.05, 0.1) is 16.6 Å². The molecule has 1 aliphatic rings. The van der Waals surface area contributed by atoms with E-state index in [-0.39, 0.29) is 11.8 Å². The fraction of sp³-hybridized carbons (Fsp3) is 0.263. The van der Waals surface area contributed by atoms with Gasteiger partial charge in [0.1, 0.15) is 0 Å². The third-order valence-electron chi connectivity index (χ3n) is 4.62. The molecule has 1 N–H and O–H groups in total. The number of hydrogen-bond acceptors (Lipinski definition) is 5. The van der Waals surface area contributed by atoms with Gasteiger partial charge < -0.3 is 10.2 Å². The summed E-state index contributed by atoms with van der Waals surface area (Å²) in [5.74, 6) is 1.28. The number of piperidine rings is 1. The second kappa shape index (κ2) is 7.75. The van der Waals surface area contributed by atoms with Gasteiger partial charge in [-0.05, 0) is 43.2 Å². The second-order valence-corrected chi connectivity index (χ2v) is 6.86. The van der Waals surface area contributed by atoms with Crippen LogP contribution in [0.3, 0.4) is 0 Å². The molecule has 0 bridgehead atoms. The standard InChI is InChI=1S/C19H19ClN6O/c20-15-6-1-2-7-16(15)22-19(27)14-5-3-11-25(13-14)17-8-9-18(24-23-17)26-12-4-10-21-26/h1-2,4,6-10,12,14H,3,5,11,13H2,(H,22,27). The van der Waals surface area contributed by atoms with Gasteiger partial charge in [0, 0.05) is 25.5 Å². The fourth-order valence-electron chi connectivity index (χ4n) is 3.21. The van der Waals surface area contributed by atoms with Gasteiger partial charge in [0.25, 0.3) is 0 Å². The van der Waals surface area contributed by atoms with E-state index in [9.17, 15) is 4.79 Å². The van der Waals surface area contributed by atoms with E-state index in [4.69, 9.17) is 11.6 Å². The van der Waals surface area contributed by atoms with Gasteiger partial charge in [-0.25, -0.2) is 4.68 Å². The molecular formula is C19H19ClN6O. The van der Waals surface area contributed by atoms with E-state index in [1.54, 1.807) is 23.0 Å². The van der Waals surface area contributed by atoms with E-state index in [1.807, 2.05) is 36.5 Å². The van der Waals surface area contributed by atoms with Crippen LogP contribution in [0, 0.1) is 5.92 Å². The molecule has 27 heavy (non-hydrogen) atoms. The van der Waals surface area contributed by atoms with Crippen molar-refractivity contribution < 1.29 is 4.79 Å². The zero-order chi connectivity index (χ0) is 18.6. The van der Waals surface area contributed by atoms with Crippen LogP contribution in [-0.2, 0) is 4.79 Å². The first-order valence-electron chi connectivity index (χ1n) is 8.85. The van der Waals surface area contributed by atoms with Gasteiger partial charge in [0.2, 0.25) is 5.91 Å². The number of benzene rings is 1. The molecule has 7 nitrogen and oxygen atoms in total. The maximum absolute atomic E-state index is 12.7. The maximum Gasteiger partial charge on any atom is 0.229 e. The van der Waals surface area contributed by atoms with Gasteiger partial charge in [-0.15, -0.1) is 10.2 Å². The number of para-hydroxylation sites is 1. The number of nitrogens with zero attached hydrogens (tertiary/aromatic N) is 5. The summed E-state index contributed by atoms with van der Waals surface area (Å²) in [5, 5.41) is 16.2. The molecule has 1 aromatic carbocycles. The molecule has 138 valence electrons. The van der Waals surface area contributed by atoms with E-state index in [0.29, 0.717) is 23.1 Å². The zero-order valence-electron chi connectivity index (χ0n) is 14.6. The summed E-state index contributed by atoms with van der Waals surface area (Å²) in [6, 6.07) is 12.9. The van der Waals surface area contributed by atoms with Crippen LogP contribution in [0.15, 0.2) is 54.9 Å². The topological polar surface area (TPSA) is 75.9 Å². The average molecular weight is 383 g/mol. The van der Waals surface area contributed by atoms with Crippen LogP contribution in [0.2, 0.25) is 5.02 Å². The summed E-state index contributed by atoms with van der Waals surface area (Å²) in [6.45, 7) is 1.46. The molecule has 1 unspecified atom stereocenters. The first-order valence-corrected chi connectivity index (χ1v) is 9.22. The number of halogens is 1. The van der Waals surface area contributed by atoms with Crippen LogP contribution < -0.4 is 10.2 Å². The minimum atomic E-state index is -0.123. The van der Waals surface area contributed by atoms with Crippen LogP contribution in [0.5, 0.6) is 0 Å². The third-order valence-corrected chi connectivity index (χ3v) is 4.95. The van der Waals surface area contributed by atoms with Gasteiger partial charge in [-0.2, -0.15) is 5.10 Å². The number of anilines is 2. The predicted octanol–water partition coefficient (Wildman–Crippen LogP) is 3.17. The Morgan fingerprint density at radius 3 is 2.67 bits per heavy atom. The lowest BCUT2D eigenvalue weighted by atomic mass is 9.97. The van der Waals surface area contributed by atoms with Crippen LogP contribution in [-0.4, -0.2) is 39.0 Å². The number of carbonyl (C=O) groups is 1. The summed E-state index contributed by atoms with van der Waals surface area (Å²) in [5.41, 5.74) is 0.643. The Labute approximate surface area is 162 Å². The van der Waals surface area contributed by atoms with Crippen molar-refractivity contribution in [2.45, 2.75) is 12.8 Å². The first-order chi connectivity index (χ1) is 13.2. The smallest absolute Gasteiger partial charge is 0.229 e. The molecule has 0 saturated carbocycles. The minimum Gasteiger partial charge on any atom is -0.354 e. The Hall–Kier alpha value is -2.93. The van der Waals surface area contributed by atoms with Crippen molar-refractivity contribution in [3.8, 4) is 5.82 Å². The third kappa shape index (κ3) is 3.93. The van der Waals surface area contributed by atoms with Crippen LogP contribution in [0.25, 0.3) is 5.82 Å². The van der Waals surface area contributed by atoms with E-state index >= 15 is 0 Å². The van der Waals surface area contributed by atoms with Crippen molar-refractivity contribution in [1.82, 2.24) is 20.0 Å². The van der Waals surface area contributed by atoms with Crippen LogP contribution in [0.1, 0.15) is 12.8 Å². The zero-order valence-corrected chi connectivity index (χ0v) is 15.4. The van der Waals surface area contributed by atoms with Crippen molar-refractivity contribution >= 4 is 29.0 Å². The largest absolute Gasteiger partial charge is 0.354 e. The number of nitrogens with one attached hydrogen (secondary N) is 1. The average Bonchev–Trinajstić information content (AvgIpc) is 3.25. The van der Waals surface area contributed by atoms with Crippen molar-refractivity contribution in [2.24, 2.45) is 5.92 Å². The van der Waals surface area contributed by atoms with Gasteiger partial charge in [-0.1, -0.05) is 23.7 Å². The lowest BCUT2D eigenvalue weighted by molar-refractivity contribution is -0.120. The minimum absolute atomic E-state index is 0.0195. The molecule has 1 fully saturated rings. The molecule has 0 radical (unpaired) electrons. The Bertz CT molecular complexity index is 912. The van der Waals surface area contributed by atoms with Crippen LogP contribution >= 0.6 is 11.6 Å². The van der Waals surface area contributed by atoms with Crippen LogP contribution in [0.4, 0.5) is 11.5 Å². The van der Waals surface area contributed by atoms with Gasteiger partial charge >= 0.3 is 0 Å². The van der Waals surface area contributed by atoms with Crippen molar-refractivity contribution in [3.63, 3.8) is 0 Å². The quantitative estimate of drug-likeness (QED) is 0.750. The molecule has 1 amide bonds. The van der Waals surface area contributed by atoms with Crippen molar-refractivity contribution in [1.29, 1.82) is 0 Å². The highest BCUT2D eigenvalue weighted by atomic mass is 35.5. The molecule has 8 heteroatoms. The van der Waals surface area contributed by atoms with Crippen molar-refractivity contribution in [3.05, 3.63) is 59.9 Å². The molecule has 3 aromatic rings. The van der Waals surface area contributed by atoms with E-state index < -0.39 is 0 Å². The maximum atomic E-state index is 12.7. The van der Waals surface area contributed by atoms with E-state index in [1.165, 1.54) is 0 Å². The van der Waals surface area contributed by atoms with Crippen molar-refractivity contribution in [2.75, 3.05) is 23.3 Å². The molecule has 1 aliphatic heterocycles. The lowest BCUT2D eigenvalue weighted by Crippen LogP contribution is -2.41. The molecule has 4 rings (SSSR count). The first kappa shape index (κ1) is 17.5. The van der Waals surface area contributed by atoms with E-state index in [2.05, 4.69) is 25.5 Å². The Balaban J connectivity index is 1.43. The number of rotatable bonds is 4. The molecular weight excluding hydrogens is 364 g/mol. The highest BCUT2D eigenvalue weighted by Crippen LogP contribution is 2.25. The molecule has 0 aliphatic carbocycles. The Morgan fingerprint density at radius 2 is 1.93 bits per heavy atom. The van der Waals surface area contributed by atoms with E-state index in [0.717, 1.165) is 25.2 Å². The number of aromatic nitrogens is 4. The lowest BCUT2D eigenvalue weighted by Gasteiger charge is -2.32. The molecule has 0 spiro atoms. The Morgan fingerprint density at radius 1 is 1.11 bits per heavy atom. The number of amides is 1. The monoisotopic (exact) mass is 382 g/mol. The fourth-order valence-corrected chi connectivity index (χ4v) is 3.39. The molecule has 1 atom stereocenters. The second-order valence-electron chi connectivity index (χ2n) is 6.45. The van der Waals surface area contributed by atoms with Gasteiger partial charge in [-0.3, -0.25) is 4.79 Å². The summed E-state index contributed by atoms with van der Waals surface area (Å²) >= 11 is 6.14. The summed E-state index contributed by atoms with van der Waals surface area (Å²) in [6.07, 6.45) is 5.27. The number of hydrogen-bond donors (Lipinski definition) is 1. The molecule has 2 aromatic heterocycles. The van der Waals surface area contributed by atoms with Gasteiger partial charge in [0.15, 0.2) is 11.6 Å².